The second-order valence-corrected chi connectivity index (χ2v) is 3.88. The number of carboxylic acids is 1. The quantitative estimate of drug-likeness (QED) is 0.890. The molecular formula is C14H14N2O3. The van der Waals surface area contributed by atoms with E-state index >= 15 is 0 Å². The zero-order chi connectivity index (χ0) is 13.7. The molecule has 1 aromatic carbocycles. The Bertz CT molecular complexity index is 540. The first-order valence-corrected chi connectivity index (χ1v) is 5.94. The van der Waals surface area contributed by atoms with E-state index in [9.17, 15) is 4.79 Å². The third-order valence-corrected chi connectivity index (χ3v) is 2.59. The molecule has 2 aromatic rings. The molecule has 1 N–H and O–H groups in total. The maximum Gasteiger partial charge on any atom is 0.338 e. The van der Waals surface area contributed by atoms with Crippen molar-refractivity contribution in [1.82, 2.24) is 9.97 Å². The van der Waals surface area contributed by atoms with Gasteiger partial charge in [-0.3, -0.25) is 0 Å². The highest BCUT2D eigenvalue weighted by atomic mass is 16.5. The Morgan fingerprint density at radius 2 is 1.89 bits per heavy atom. The smallest absolute Gasteiger partial charge is 0.338 e. The standard InChI is InChI=1S/C14H14N2O3/c1-2-19-12(10-6-4-3-5-7-10)13-15-8-11(9-16-13)14(17)18/h3-9,12H,2H2,1H3,(H,17,18). The van der Waals surface area contributed by atoms with Gasteiger partial charge in [0.05, 0.1) is 5.56 Å². The minimum absolute atomic E-state index is 0.0621. The number of aromatic carboxylic acids is 1. The Kier molecular flexibility index (Phi) is 4.20. The van der Waals surface area contributed by atoms with E-state index in [2.05, 4.69) is 9.97 Å². The second-order valence-electron chi connectivity index (χ2n) is 3.88. The van der Waals surface area contributed by atoms with Crippen molar-refractivity contribution < 1.29 is 14.6 Å². The molecule has 5 nitrogen and oxygen atoms in total. The molecule has 1 heterocycles. The number of hydrogen-bond donors (Lipinski definition) is 1. The molecule has 0 amide bonds. The summed E-state index contributed by atoms with van der Waals surface area (Å²) >= 11 is 0. The maximum atomic E-state index is 10.8. The Hall–Kier alpha value is -2.27. The van der Waals surface area contributed by atoms with Crippen molar-refractivity contribution in [1.29, 1.82) is 0 Å². The summed E-state index contributed by atoms with van der Waals surface area (Å²) in [6, 6.07) is 9.59. The third kappa shape index (κ3) is 3.14. The second kappa shape index (κ2) is 6.06. The van der Waals surface area contributed by atoms with Crippen LogP contribution in [0.3, 0.4) is 0 Å². The van der Waals surface area contributed by atoms with Gasteiger partial charge >= 0.3 is 5.97 Å². The van der Waals surface area contributed by atoms with E-state index in [4.69, 9.17) is 9.84 Å². The summed E-state index contributed by atoms with van der Waals surface area (Å²) in [5.74, 6) is -0.586. The molecule has 0 aliphatic rings. The van der Waals surface area contributed by atoms with Crippen molar-refractivity contribution in [2.24, 2.45) is 0 Å². The van der Waals surface area contributed by atoms with Gasteiger partial charge in [0.25, 0.3) is 0 Å². The molecular weight excluding hydrogens is 244 g/mol. The van der Waals surface area contributed by atoms with E-state index in [1.54, 1.807) is 0 Å². The summed E-state index contributed by atoms with van der Waals surface area (Å²) in [6.45, 7) is 2.41. The lowest BCUT2D eigenvalue weighted by Crippen LogP contribution is -2.11. The Balaban J connectivity index is 2.31. The Labute approximate surface area is 110 Å². The van der Waals surface area contributed by atoms with Crippen LogP contribution in [0.2, 0.25) is 0 Å². The zero-order valence-electron chi connectivity index (χ0n) is 10.5. The summed E-state index contributed by atoms with van der Waals surface area (Å²) in [5, 5.41) is 8.82. The molecule has 0 saturated heterocycles. The molecule has 5 heteroatoms. The average molecular weight is 258 g/mol. The van der Waals surface area contributed by atoms with Gasteiger partial charge < -0.3 is 9.84 Å². The number of nitrogens with zero attached hydrogens (tertiary/aromatic N) is 2. The lowest BCUT2D eigenvalue weighted by Gasteiger charge is -2.15. The maximum absolute atomic E-state index is 10.8. The molecule has 0 bridgehead atoms. The van der Waals surface area contributed by atoms with Gasteiger partial charge in [-0.05, 0) is 12.5 Å². The van der Waals surface area contributed by atoms with Gasteiger partial charge in [-0.2, -0.15) is 0 Å². The minimum Gasteiger partial charge on any atom is -0.478 e. The van der Waals surface area contributed by atoms with Gasteiger partial charge in [-0.1, -0.05) is 30.3 Å². The van der Waals surface area contributed by atoms with Crippen LogP contribution >= 0.6 is 0 Å². The number of benzene rings is 1. The molecule has 2 rings (SSSR count). The highest BCUT2D eigenvalue weighted by Crippen LogP contribution is 2.22. The van der Waals surface area contributed by atoms with Crippen LogP contribution in [0, 0.1) is 0 Å². The molecule has 1 atom stereocenters. The number of hydrogen-bond acceptors (Lipinski definition) is 4. The molecule has 98 valence electrons. The fourth-order valence-electron chi connectivity index (χ4n) is 1.70. The van der Waals surface area contributed by atoms with Crippen molar-refractivity contribution in [3.8, 4) is 0 Å². The van der Waals surface area contributed by atoms with Crippen LogP contribution < -0.4 is 0 Å². The first kappa shape index (κ1) is 13.2. The average Bonchev–Trinajstić information content (AvgIpc) is 2.46. The number of ether oxygens (including phenoxy) is 1. The van der Waals surface area contributed by atoms with Crippen LogP contribution in [0.15, 0.2) is 42.7 Å². The topological polar surface area (TPSA) is 72.3 Å². The van der Waals surface area contributed by atoms with E-state index in [1.807, 2.05) is 37.3 Å². The van der Waals surface area contributed by atoms with Gasteiger partial charge in [-0.15, -0.1) is 0 Å². The van der Waals surface area contributed by atoms with Crippen molar-refractivity contribution in [2.75, 3.05) is 6.61 Å². The lowest BCUT2D eigenvalue weighted by molar-refractivity contribution is 0.0693. The van der Waals surface area contributed by atoms with Crippen molar-refractivity contribution in [3.05, 3.63) is 59.7 Å². The number of carboxylic acid groups (broad SMARTS) is 1. The fourth-order valence-corrected chi connectivity index (χ4v) is 1.70. The zero-order valence-corrected chi connectivity index (χ0v) is 10.5. The first-order valence-electron chi connectivity index (χ1n) is 5.94. The van der Waals surface area contributed by atoms with Crippen molar-refractivity contribution in [2.45, 2.75) is 13.0 Å². The fraction of sp³-hybridized carbons (Fsp3) is 0.214. The van der Waals surface area contributed by atoms with Crippen LogP contribution in [0.4, 0.5) is 0 Å². The van der Waals surface area contributed by atoms with Gasteiger partial charge in [0.2, 0.25) is 0 Å². The summed E-state index contributed by atoms with van der Waals surface area (Å²) < 4.78 is 5.64. The van der Waals surface area contributed by atoms with E-state index in [0.717, 1.165) is 5.56 Å². The lowest BCUT2D eigenvalue weighted by atomic mass is 10.1. The van der Waals surface area contributed by atoms with Gasteiger partial charge in [-0.25, -0.2) is 14.8 Å². The van der Waals surface area contributed by atoms with Gasteiger partial charge in [0, 0.05) is 19.0 Å². The van der Waals surface area contributed by atoms with Crippen molar-refractivity contribution in [3.63, 3.8) is 0 Å². The minimum atomic E-state index is -1.04. The highest BCUT2D eigenvalue weighted by Gasteiger charge is 2.17. The molecule has 1 aromatic heterocycles. The largest absolute Gasteiger partial charge is 0.478 e. The van der Waals surface area contributed by atoms with Crippen molar-refractivity contribution >= 4 is 5.97 Å². The normalized spacial score (nSPS) is 12.1. The highest BCUT2D eigenvalue weighted by molar-refractivity contribution is 5.86. The van der Waals surface area contributed by atoms with Crippen LogP contribution in [-0.2, 0) is 4.74 Å². The molecule has 19 heavy (non-hydrogen) atoms. The SMILES string of the molecule is CCOC(c1ccccc1)c1ncc(C(=O)O)cn1. The predicted octanol–water partition coefficient (Wildman–Crippen LogP) is 2.30. The molecule has 0 saturated carbocycles. The summed E-state index contributed by atoms with van der Waals surface area (Å²) in [5.41, 5.74) is 1.000. The van der Waals surface area contributed by atoms with E-state index in [-0.39, 0.29) is 11.7 Å². The Morgan fingerprint density at radius 1 is 1.26 bits per heavy atom. The molecule has 1 unspecified atom stereocenters. The third-order valence-electron chi connectivity index (χ3n) is 2.59. The van der Waals surface area contributed by atoms with Crippen LogP contribution in [0.5, 0.6) is 0 Å². The summed E-state index contributed by atoms with van der Waals surface area (Å²) in [7, 11) is 0. The first-order chi connectivity index (χ1) is 9.22. The van der Waals surface area contributed by atoms with Crippen LogP contribution in [0.25, 0.3) is 0 Å². The Morgan fingerprint density at radius 3 is 2.42 bits per heavy atom. The number of aromatic nitrogens is 2. The van der Waals surface area contributed by atoms with Gasteiger partial charge in [0.15, 0.2) is 5.82 Å². The van der Waals surface area contributed by atoms with Gasteiger partial charge in [0.1, 0.15) is 6.10 Å². The molecule has 0 spiro atoms. The monoisotopic (exact) mass is 258 g/mol. The molecule has 0 radical (unpaired) electrons. The molecule has 0 aliphatic heterocycles. The van der Waals surface area contributed by atoms with E-state index in [0.29, 0.717) is 12.4 Å². The number of carbonyl (C=O) groups is 1. The van der Waals surface area contributed by atoms with E-state index in [1.165, 1.54) is 12.4 Å². The van der Waals surface area contributed by atoms with Crippen LogP contribution in [0.1, 0.15) is 34.8 Å². The van der Waals surface area contributed by atoms with Crippen LogP contribution in [-0.4, -0.2) is 27.7 Å². The molecule has 0 fully saturated rings. The number of rotatable bonds is 5. The van der Waals surface area contributed by atoms with E-state index < -0.39 is 5.97 Å². The summed E-state index contributed by atoms with van der Waals surface area (Å²) in [6.07, 6.45) is 2.20. The molecule has 0 aliphatic carbocycles. The predicted molar refractivity (Wildman–Crippen MR) is 68.9 cm³/mol. The summed E-state index contributed by atoms with van der Waals surface area (Å²) in [4.78, 5) is 18.9.